The molecule has 3 heterocycles. The third kappa shape index (κ3) is 2.57. The number of nitrogens with two attached hydrogens (primary N) is 1. The molecule has 0 saturated carbocycles. The highest BCUT2D eigenvalue weighted by atomic mass is 32.2. The molecule has 2 N–H and O–H groups in total. The first-order valence-electron chi connectivity index (χ1n) is 6.53. The Morgan fingerprint density at radius 1 is 1.13 bits per heavy atom. The minimum Gasteiger partial charge on any atom is -0.223 e. The number of thiophene rings is 1. The van der Waals surface area contributed by atoms with Gasteiger partial charge in [0.2, 0.25) is 9.30 Å². The smallest absolute Gasteiger partial charge is 0.223 e. The summed E-state index contributed by atoms with van der Waals surface area (Å²) in [6.07, 6.45) is 1.71. The maximum atomic E-state index is 11.4. The zero-order valence-corrected chi connectivity index (χ0v) is 14.0. The van der Waals surface area contributed by atoms with Gasteiger partial charge in [-0.2, -0.15) is 11.3 Å². The monoisotopic (exact) mass is 362 g/mol. The van der Waals surface area contributed by atoms with Crippen molar-refractivity contribution in [3.05, 3.63) is 47.3 Å². The van der Waals surface area contributed by atoms with Crippen LogP contribution in [-0.4, -0.2) is 23.0 Å². The number of primary sulfonamides is 1. The topological polar surface area (TPSA) is 90.4 Å². The molecule has 4 aromatic rings. The summed E-state index contributed by atoms with van der Waals surface area (Å²) in [5.74, 6) is 0. The average Bonchev–Trinajstić information content (AvgIpc) is 3.22. The van der Waals surface area contributed by atoms with Gasteiger partial charge in [0, 0.05) is 5.56 Å². The molecule has 1 aromatic carbocycles. The molecule has 4 rings (SSSR count). The van der Waals surface area contributed by atoms with Gasteiger partial charge < -0.3 is 0 Å². The van der Waals surface area contributed by atoms with E-state index in [1.54, 1.807) is 17.5 Å². The summed E-state index contributed by atoms with van der Waals surface area (Å²) in [5.41, 5.74) is 3.92. The van der Waals surface area contributed by atoms with Crippen LogP contribution in [0.1, 0.15) is 0 Å². The normalized spacial score (nSPS) is 12.0. The second-order valence-corrected chi connectivity index (χ2v) is 8.30. The Labute approximate surface area is 139 Å². The highest BCUT2D eigenvalue weighted by molar-refractivity contribution is 7.91. The number of rotatable bonds is 3. The summed E-state index contributed by atoms with van der Waals surface area (Å²) in [6, 6.07) is 10.0. The standard InChI is InChI=1S/C14H10N4O2S3/c15-23(19,20)14-17-18-7-12(16-13(18)22-14)11-4-2-1-3-10(11)9-5-6-21-8-9/h1-8H,(H2,15,19,20). The Hall–Kier alpha value is -2.07. The largest absolute Gasteiger partial charge is 0.267 e. The highest BCUT2D eigenvalue weighted by Gasteiger charge is 2.18. The number of fused-ring (bicyclic) bond motifs is 1. The van der Waals surface area contributed by atoms with Crippen LogP contribution in [-0.2, 0) is 10.0 Å². The number of aromatic nitrogens is 3. The van der Waals surface area contributed by atoms with Crippen molar-refractivity contribution in [2.75, 3.05) is 0 Å². The lowest BCUT2D eigenvalue weighted by atomic mass is 10.0. The molecule has 23 heavy (non-hydrogen) atoms. The molecule has 0 aliphatic heterocycles. The summed E-state index contributed by atoms with van der Waals surface area (Å²) >= 11 is 2.59. The molecule has 0 bridgehead atoms. The average molecular weight is 362 g/mol. The van der Waals surface area contributed by atoms with E-state index in [-0.39, 0.29) is 4.34 Å². The third-order valence-electron chi connectivity index (χ3n) is 3.30. The van der Waals surface area contributed by atoms with Crippen molar-refractivity contribution < 1.29 is 8.42 Å². The van der Waals surface area contributed by atoms with Gasteiger partial charge >= 0.3 is 0 Å². The lowest BCUT2D eigenvalue weighted by Gasteiger charge is -2.05. The van der Waals surface area contributed by atoms with Gasteiger partial charge in [-0.05, 0) is 28.0 Å². The first-order valence-corrected chi connectivity index (χ1v) is 9.84. The van der Waals surface area contributed by atoms with Crippen LogP contribution >= 0.6 is 22.7 Å². The SMILES string of the molecule is NS(=O)(=O)c1nn2cc(-c3ccccc3-c3ccsc3)nc2s1. The number of benzene rings is 1. The third-order valence-corrected chi connectivity index (χ3v) is 6.22. The number of hydrogen-bond acceptors (Lipinski definition) is 6. The molecule has 6 nitrogen and oxygen atoms in total. The zero-order valence-electron chi connectivity index (χ0n) is 11.6. The Kier molecular flexibility index (Phi) is 3.31. The van der Waals surface area contributed by atoms with E-state index in [2.05, 4.69) is 21.5 Å². The molecule has 0 atom stereocenters. The number of imidazole rings is 1. The van der Waals surface area contributed by atoms with Gasteiger partial charge in [-0.25, -0.2) is 23.1 Å². The van der Waals surface area contributed by atoms with Gasteiger partial charge in [0.25, 0.3) is 10.0 Å². The van der Waals surface area contributed by atoms with Crippen molar-refractivity contribution in [2.45, 2.75) is 4.34 Å². The molecule has 9 heteroatoms. The van der Waals surface area contributed by atoms with Gasteiger partial charge in [-0.15, -0.1) is 5.10 Å². The second-order valence-electron chi connectivity index (χ2n) is 4.82. The molecule has 0 unspecified atom stereocenters. The Balaban J connectivity index is 1.86. The number of nitrogens with zero attached hydrogens (tertiary/aromatic N) is 3. The van der Waals surface area contributed by atoms with Crippen molar-refractivity contribution in [3.63, 3.8) is 0 Å². The van der Waals surface area contributed by atoms with Crippen molar-refractivity contribution in [1.82, 2.24) is 14.6 Å². The lowest BCUT2D eigenvalue weighted by Crippen LogP contribution is -2.12. The summed E-state index contributed by atoms with van der Waals surface area (Å²) in [4.78, 5) is 4.98. The van der Waals surface area contributed by atoms with Crippen molar-refractivity contribution in [2.24, 2.45) is 5.14 Å². The van der Waals surface area contributed by atoms with Crippen LogP contribution in [0.15, 0.2) is 51.6 Å². The quantitative estimate of drug-likeness (QED) is 0.607. The molecule has 0 amide bonds. The molecule has 0 aliphatic carbocycles. The van der Waals surface area contributed by atoms with Crippen LogP contribution in [0.3, 0.4) is 0 Å². The molecule has 0 fully saturated rings. The minimum absolute atomic E-state index is 0.141. The minimum atomic E-state index is -3.81. The van der Waals surface area contributed by atoms with Gasteiger partial charge in [-0.3, -0.25) is 0 Å². The van der Waals surface area contributed by atoms with E-state index in [9.17, 15) is 8.42 Å². The predicted molar refractivity (Wildman–Crippen MR) is 91.0 cm³/mol. The molecule has 0 saturated heterocycles. The fourth-order valence-corrected chi connectivity index (χ4v) is 4.46. The van der Waals surface area contributed by atoms with E-state index in [1.807, 2.05) is 29.6 Å². The Bertz CT molecular complexity index is 1060. The van der Waals surface area contributed by atoms with Crippen LogP contribution < -0.4 is 5.14 Å². The number of sulfonamides is 1. The summed E-state index contributed by atoms with van der Waals surface area (Å²) in [5, 5.41) is 13.2. The molecule has 0 spiro atoms. The van der Waals surface area contributed by atoms with E-state index >= 15 is 0 Å². The van der Waals surface area contributed by atoms with Crippen LogP contribution in [0.2, 0.25) is 0 Å². The fraction of sp³-hybridized carbons (Fsp3) is 0. The first-order chi connectivity index (χ1) is 11.0. The van der Waals surface area contributed by atoms with Gasteiger partial charge in [-0.1, -0.05) is 35.6 Å². The summed E-state index contributed by atoms with van der Waals surface area (Å²) in [6.45, 7) is 0. The van der Waals surface area contributed by atoms with Gasteiger partial charge in [0.05, 0.1) is 11.9 Å². The van der Waals surface area contributed by atoms with Gasteiger partial charge in [0.1, 0.15) is 0 Å². The molecule has 116 valence electrons. The van der Waals surface area contributed by atoms with Crippen molar-refractivity contribution in [3.8, 4) is 22.4 Å². The number of hydrogen-bond donors (Lipinski definition) is 1. The molecular formula is C14H10N4O2S3. The summed E-state index contributed by atoms with van der Waals surface area (Å²) < 4.78 is 24.0. The Morgan fingerprint density at radius 2 is 1.91 bits per heavy atom. The van der Waals surface area contributed by atoms with E-state index in [0.717, 1.165) is 33.7 Å². The Morgan fingerprint density at radius 3 is 2.57 bits per heavy atom. The highest BCUT2D eigenvalue weighted by Crippen LogP contribution is 2.33. The molecular weight excluding hydrogens is 352 g/mol. The van der Waals surface area contributed by atoms with Crippen LogP contribution in [0, 0.1) is 0 Å². The lowest BCUT2D eigenvalue weighted by molar-refractivity contribution is 0.595. The maximum Gasteiger partial charge on any atom is 0.267 e. The van der Waals surface area contributed by atoms with E-state index in [1.165, 1.54) is 4.52 Å². The first kappa shape index (κ1) is 14.5. The van der Waals surface area contributed by atoms with E-state index in [4.69, 9.17) is 5.14 Å². The fourth-order valence-electron chi connectivity index (χ4n) is 2.30. The van der Waals surface area contributed by atoms with Crippen LogP contribution in [0.4, 0.5) is 0 Å². The van der Waals surface area contributed by atoms with E-state index in [0.29, 0.717) is 4.96 Å². The second kappa shape index (κ2) is 5.24. The maximum absolute atomic E-state index is 11.4. The van der Waals surface area contributed by atoms with Crippen molar-refractivity contribution in [1.29, 1.82) is 0 Å². The molecule has 0 aliphatic rings. The van der Waals surface area contributed by atoms with Crippen LogP contribution in [0.25, 0.3) is 27.3 Å². The van der Waals surface area contributed by atoms with Gasteiger partial charge in [0.15, 0.2) is 0 Å². The van der Waals surface area contributed by atoms with Crippen molar-refractivity contribution >= 4 is 37.7 Å². The summed E-state index contributed by atoms with van der Waals surface area (Å²) in [7, 11) is -3.81. The van der Waals surface area contributed by atoms with E-state index < -0.39 is 10.0 Å². The zero-order chi connectivity index (χ0) is 16.0. The molecule has 3 aromatic heterocycles. The molecule has 0 radical (unpaired) electrons. The predicted octanol–water partition coefficient (Wildman–Crippen LogP) is 2.83. The van der Waals surface area contributed by atoms with Crippen LogP contribution in [0.5, 0.6) is 0 Å².